The number of rotatable bonds is 6. The molecule has 0 spiro atoms. The molecule has 0 fully saturated rings. The van der Waals surface area contributed by atoms with Gasteiger partial charge in [-0.05, 0) is 54.6 Å². The van der Waals surface area contributed by atoms with E-state index < -0.39 is 11.8 Å². The van der Waals surface area contributed by atoms with Gasteiger partial charge in [0.25, 0.3) is 11.8 Å². The van der Waals surface area contributed by atoms with Crippen LogP contribution in [0, 0.1) is 0 Å². The number of nitrogens with one attached hydrogen (secondary N) is 1. The molecule has 3 heterocycles. The number of aromatic hydroxyl groups is 2. The predicted octanol–water partition coefficient (Wildman–Crippen LogP) is 5.19. The summed E-state index contributed by atoms with van der Waals surface area (Å²) in [5, 5.41) is 33.8. The highest BCUT2D eigenvalue weighted by Crippen LogP contribution is 2.37. The molecule has 3 N–H and O–H groups in total. The molecule has 11 heteroatoms. The molecule has 184 valence electrons. The Balaban J connectivity index is 1.33. The summed E-state index contributed by atoms with van der Waals surface area (Å²) in [5.74, 6) is -1.79. The molecule has 0 unspecified atom stereocenters. The third-order valence-corrected chi connectivity index (χ3v) is 6.01. The SMILES string of the molecule is O=C(N=NC(=O)c1ccc2c(O)n(CCNc3ccnc4cc(Cl)ccc34)c(O)c2c1)c1ccncc1. The molecule has 0 saturated carbocycles. The first-order valence-electron chi connectivity index (χ1n) is 11.1. The van der Waals surface area contributed by atoms with Crippen molar-refractivity contribution in [1.29, 1.82) is 0 Å². The molecule has 0 aliphatic heterocycles. The lowest BCUT2D eigenvalue weighted by Gasteiger charge is -2.11. The van der Waals surface area contributed by atoms with Gasteiger partial charge >= 0.3 is 0 Å². The van der Waals surface area contributed by atoms with Gasteiger partial charge in [0.1, 0.15) is 0 Å². The number of benzene rings is 2. The molecule has 0 bridgehead atoms. The minimum Gasteiger partial charge on any atom is -0.494 e. The van der Waals surface area contributed by atoms with Crippen LogP contribution in [0.4, 0.5) is 5.69 Å². The first kappa shape index (κ1) is 23.9. The molecule has 5 aromatic rings. The van der Waals surface area contributed by atoms with Crippen LogP contribution >= 0.6 is 11.6 Å². The highest BCUT2D eigenvalue weighted by molar-refractivity contribution is 6.31. The summed E-state index contributed by atoms with van der Waals surface area (Å²) in [7, 11) is 0. The third-order valence-electron chi connectivity index (χ3n) is 5.77. The average molecular weight is 515 g/mol. The fourth-order valence-corrected chi connectivity index (χ4v) is 4.11. The van der Waals surface area contributed by atoms with Crippen molar-refractivity contribution in [3.05, 3.63) is 89.3 Å². The second kappa shape index (κ2) is 10.0. The van der Waals surface area contributed by atoms with Crippen LogP contribution in [-0.4, -0.2) is 43.1 Å². The number of carbonyl (C=O) groups excluding carboxylic acids is 2. The number of anilines is 1. The maximum absolute atomic E-state index is 12.5. The Morgan fingerprint density at radius 3 is 2.32 bits per heavy atom. The van der Waals surface area contributed by atoms with E-state index >= 15 is 0 Å². The average Bonchev–Trinajstić information content (AvgIpc) is 3.16. The molecule has 0 aliphatic carbocycles. The number of hydrogen-bond donors (Lipinski definition) is 3. The van der Waals surface area contributed by atoms with E-state index in [9.17, 15) is 19.8 Å². The molecular formula is C26H19ClN6O4. The highest BCUT2D eigenvalue weighted by atomic mass is 35.5. The summed E-state index contributed by atoms with van der Waals surface area (Å²) in [6.45, 7) is 0.605. The Kier molecular flexibility index (Phi) is 6.48. The summed E-state index contributed by atoms with van der Waals surface area (Å²) in [6.07, 6.45) is 4.53. The second-order valence-corrected chi connectivity index (χ2v) is 8.49. The minimum absolute atomic E-state index is 0.103. The number of halogens is 1. The van der Waals surface area contributed by atoms with Gasteiger partial charge in [-0.3, -0.25) is 24.1 Å². The molecule has 37 heavy (non-hydrogen) atoms. The lowest BCUT2D eigenvalue weighted by molar-refractivity contribution is 0.0947. The van der Waals surface area contributed by atoms with E-state index in [-0.39, 0.29) is 34.8 Å². The summed E-state index contributed by atoms with van der Waals surface area (Å²) in [4.78, 5) is 32.7. The van der Waals surface area contributed by atoms with Crippen LogP contribution in [0.5, 0.6) is 11.8 Å². The number of pyridine rings is 2. The number of fused-ring (bicyclic) bond motifs is 2. The maximum Gasteiger partial charge on any atom is 0.295 e. The maximum atomic E-state index is 12.5. The van der Waals surface area contributed by atoms with Gasteiger partial charge < -0.3 is 15.5 Å². The van der Waals surface area contributed by atoms with Crippen molar-refractivity contribution in [2.75, 3.05) is 11.9 Å². The largest absolute Gasteiger partial charge is 0.494 e. The lowest BCUT2D eigenvalue weighted by Crippen LogP contribution is -2.10. The predicted molar refractivity (Wildman–Crippen MR) is 138 cm³/mol. The van der Waals surface area contributed by atoms with E-state index in [2.05, 4.69) is 25.5 Å². The van der Waals surface area contributed by atoms with Crippen LogP contribution in [0.15, 0.2) is 83.4 Å². The zero-order valence-electron chi connectivity index (χ0n) is 19.2. The minimum atomic E-state index is -0.762. The molecule has 0 saturated heterocycles. The molecule has 0 radical (unpaired) electrons. The fourth-order valence-electron chi connectivity index (χ4n) is 3.94. The number of carbonyl (C=O) groups is 2. The van der Waals surface area contributed by atoms with Crippen LogP contribution in [-0.2, 0) is 6.54 Å². The number of aromatic nitrogens is 3. The van der Waals surface area contributed by atoms with Gasteiger partial charge in [0.2, 0.25) is 11.8 Å². The van der Waals surface area contributed by atoms with Crippen molar-refractivity contribution in [3.8, 4) is 11.8 Å². The Morgan fingerprint density at radius 1 is 0.838 bits per heavy atom. The van der Waals surface area contributed by atoms with Gasteiger partial charge in [-0.1, -0.05) is 11.6 Å². The number of nitrogens with zero attached hydrogens (tertiary/aromatic N) is 5. The summed E-state index contributed by atoms with van der Waals surface area (Å²) < 4.78 is 1.33. The number of amides is 2. The molecule has 10 nitrogen and oxygen atoms in total. The summed E-state index contributed by atoms with van der Waals surface area (Å²) >= 11 is 6.05. The van der Waals surface area contributed by atoms with Crippen molar-refractivity contribution in [3.63, 3.8) is 0 Å². The van der Waals surface area contributed by atoms with Crippen molar-refractivity contribution < 1.29 is 19.8 Å². The second-order valence-electron chi connectivity index (χ2n) is 8.05. The number of hydrogen-bond acceptors (Lipinski definition) is 7. The molecule has 2 amide bonds. The van der Waals surface area contributed by atoms with Crippen molar-refractivity contribution >= 4 is 50.8 Å². The van der Waals surface area contributed by atoms with E-state index in [0.29, 0.717) is 17.0 Å². The van der Waals surface area contributed by atoms with Gasteiger partial charge in [-0.25, -0.2) is 0 Å². The van der Waals surface area contributed by atoms with Gasteiger partial charge in [0, 0.05) is 69.7 Å². The molecule has 3 aromatic heterocycles. The third kappa shape index (κ3) is 4.82. The topological polar surface area (TPSA) is 142 Å². The van der Waals surface area contributed by atoms with E-state index in [0.717, 1.165) is 16.6 Å². The monoisotopic (exact) mass is 514 g/mol. The van der Waals surface area contributed by atoms with E-state index in [1.807, 2.05) is 12.1 Å². The Hall–Kier alpha value is -4.83. The van der Waals surface area contributed by atoms with Crippen molar-refractivity contribution in [1.82, 2.24) is 14.5 Å². The summed E-state index contributed by atoms with van der Waals surface area (Å²) in [6, 6.07) is 14.5. The van der Waals surface area contributed by atoms with Crippen LogP contribution in [0.2, 0.25) is 5.02 Å². The Labute approximate surface area is 214 Å². The van der Waals surface area contributed by atoms with E-state index in [1.165, 1.54) is 47.3 Å². The van der Waals surface area contributed by atoms with Gasteiger partial charge in [0.05, 0.1) is 5.52 Å². The van der Waals surface area contributed by atoms with Crippen LogP contribution in [0.1, 0.15) is 20.7 Å². The fraction of sp³-hybridized carbons (Fsp3) is 0.0769. The standard InChI is InChI=1S/C26H19ClN6O4/c27-17-2-4-19-21(7-10-29-22(19)14-17)30-11-12-33-25(36)18-3-1-16(13-20(18)26(33)37)24(35)32-31-23(34)15-5-8-28-9-6-15/h1-10,13-14,36-37H,11-12H2,(H,29,30). The quantitative estimate of drug-likeness (QED) is 0.264. The lowest BCUT2D eigenvalue weighted by atomic mass is 10.1. The smallest absolute Gasteiger partial charge is 0.295 e. The molecule has 0 atom stereocenters. The number of azo groups is 1. The zero-order chi connectivity index (χ0) is 25.9. The zero-order valence-corrected chi connectivity index (χ0v) is 19.9. The molecule has 5 rings (SSSR count). The van der Waals surface area contributed by atoms with Gasteiger partial charge in [-0.15, -0.1) is 10.2 Å². The van der Waals surface area contributed by atoms with Gasteiger partial charge in [0.15, 0.2) is 0 Å². The van der Waals surface area contributed by atoms with Gasteiger partial charge in [-0.2, -0.15) is 0 Å². The molecule has 0 aliphatic rings. The summed E-state index contributed by atoms with van der Waals surface area (Å²) in [5.41, 5.74) is 1.92. The van der Waals surface area contributed by atoms with E-state index in [4.69, 9.17) is 11.6 Å². The molecule has 2 aromatic carbocycles. The Bertz CT molecular complexity index is 1680. The normalized spacial score (nSPS) is 11.4. The van der Waals surface area contributed by atoms with Crippen LogP contribution in [0.25, 0.3) is 21.7 Å². The van der Waals surface area contributed by atoms with E-state index in [1.54, 1.807) is 18.3 Å². The molecular weight excluding hydrogens is 496 g/mol. The van der Waals surface area contributed by atoms with Crippen molar-refractivity contribution in [2.24, 2.45) is 10.2 Å². The first-order chi connectivity index (χ1) is 17.9. The Morgan fingerprint density at radius 2 is 1.54 bits per heavy atom. The van der Waals surface area contributed by atoms with Crippen LogP contribution < -0.4 is 5.32 Å². The van der Waals surface area contributed by atoms with Crippen molar-refractivity contribution in [2.45, 2.75) is 6.54 Å². The first-order valence-corrected chi connectivity index (χ1v) is 11.5. The van der Waals surface area contributed by atoms with Crippen LogP contribution in [0.3, 0.4) is 0 Å². The highest BCUT2D eigenvalue weighted by Gasteiger charge is 2.18.